The van der Waals surface area contributed by atoms with E-state index in [1.165, 1.54) is 22.6 Å². The summed E-state index contributed by atoms with van der Waals surface area (Å²) in [6, 6.07) is 0. The molecule has 7 heteroatoms. The summed E-state index contributed by atoms with van der Waals surface area (Å²) in [5, 5.41) is -1.14. The molecule has 0 spiro atoms. The van der Waals surface area contributed by atoms with Gasteiger partial charge in [0.2, 0.25) is 0 Å². The fraction of sp³-hybridized carbons (Fsp3) is 0.143. The summed E-state index contributed by atoms with van der Waals surface area (Å²) in [6.45, 7) is 0. The van der Waals surface area contributed by atoms with Crippen LogP contribution in [0.15, 0.2) is 6.20 Å². The molecule has 0 aliphatic rings. The molecule has 0 bridgehead atoms. The topological polar surface area (TPSA) is 30.0 Å². The third-order valence-electron chi connectivity index (χ3n) is 1.41. The molecule has 0 aliphatic carbocycles. The van der Waals surface area contributed by atoms with Gasteiger partial charge in [0.25, 0.3) is 11.7 Å². The van der Waals surface area contributed by atoms with Gasteiger partial charge < -0.3 is 0 Å². The van der Waals surface area contributed by atoms with Crippen molar-refractivity contribution in [2.24, 2.45) is 0 Å². The number of rotatable bonds is 2. The number of carbonyl (C=O) groups is 1. The monoisotopic (exact) mass is 335 g/mol. The van der Waals surface area contributed by atoms with Crippen molar-refractivity contribution >= 4 is 39.4 Å². The van der Waals surface area contributed by atoms with Crippen LogP contribution in [-0.2, 0) is 0 Å². The highest BCUT2D eigenvalue weighted by atomic mass is 127. The standard InChI is InChI=1S/C7H2ClF3INO/c8-6(14)3-4(12)2(9)1-13-5(3)7(10)11/h1,7H. The number of aromatic nitrogens is 1. The van der Waals surface area contributed by atoms with Gasteiger partial charge in [-0.1, -0.05) is 0 Å². The minimum absolute atomic E-state index is 0.243. The Hall–Kier alpha value is -0.370. The third-order valence-corrected chi connectivity index (χ3v) is 2.65. The molecule has 2 nitrogen and oxygen atoms in total. The van der Waals surface area contributed by atoms with Crippen LogP contribution in [0.25, 0.3) is 0 Å². The van der Waals surface area contributed by atoms with Gasteiger partial charge in [0.15, 0.2) is 5.82 Å². The van der Waals surface area contributed by atoms with Gasteiger partial charge in [-0.05, 0) is 34.2 Å². The second-order valence-corrected chi connectivity index (χ2v) is 3.68. The fourth-order valence-corrected chi connectivity index (χ4v) is 1.84. The van der Waals surface area contributed by atoms with E-state index in [1.807, 2.05) is 0 Å². The van der Waals surface area contributed by atoms with Crippen LogP contribution < -0.4 is 0 Å². The lowest BCUT2D eigenvalue weighted by Gasteiger charge is -2.06. The van der Waals surface area contributed by atoms with Crippen molar-refractivity contribution < 1.29 is 18.0 Å². The van der Waals surface area contributed by atoms with Crippen LogP contribution >= 0.6 is 34.2 Å². The quantitative estimate of drug-likeness (QED) is 0.614. The van der Waals surface area contributed by atoms with E-state index in [9.17, 15) is 18.0 Å². The van der Waals surface area contributed by atoms with Crippen molar-refractivity contribution in [3.05, 3.63) is 26.8 Å². The summed E-state index contributed by atoms with van der Waals surface area (Å²) < 4.78 is 37.2. The molecule has 0 unspecified atom stereocenters. The van der Waals surface area contributed by atoms with Gasteiger partial charge in [-0.2, -0.15) is 0 Å². The van der Waals surface area contributed by atoms with Crippen molar-refractivity contribution in [2.75, 3.05) is 0 Å². The Labute approximate surface area is 95.6 Å². The van der Waals surface area contributed by atoms with Crippen LogP contribution in [-0.4, -0.2) is 10.2 Å². The highest BCUT2D eigenvalue weighted by molar-refractivity contribution is 14.1. The molecule has 0 aliphatic heterocycles. The van der Waals surface area contributed by atoms with Gasteiger partial charge in [-0.15, -0.1) is 0 Å². The molecule has 1 heterocycles. The zero-order valence-corrected chi connectivity index (χ0v) is 9.31. The maximum absolute atomic E-state index is 12.9. The number of carbonyl (C=O) groups excluding carboxylic acids is 1. The van der Waals surface area contributed by atoms with E-state index in [4.69, 9.17) is 11.6 Å². The highest BCUT2D eigenvalue weighted by Crippen LogP contribution is 2.27. The molecule has 0 N–H and O–H groups in total. The lowest BCUT2D eigenvalue weighted by Crippen LogP contribution is -2.06. The number of alkyl halides is 2. The van der Waals surface area contributed by atoms with E-state index in [1.54, 1.807) is 0 Å². The van der Waals surface area contributed by atoms with E-state index >= 15 is 0 Å². The normalized spacial score (nSPS) is 10.7. The molecule has 0 saturated heterocycles. The van der Waals surface area contributed by atoms with Crippen LogP contribution in [0.5, 0.6) is 0 Å². The Bertz CT molecular complexity index is 385. The maximum Gasteiger partial charge on any atom is 0.281 e. The van der Waals surface area contributed by atoms with E-state index in [2.05, 4.69) is 4.98 Å². The summed E-state index contributed by atoms with van der Waals surface area (Å²) in [7, 11) is 0. The van der Waals surface area contributed by atoms with Gasteiger partial charge in [-0.25, -0.2) is 13.2 Å². The van der Waals surface area contributed by atoms with Crippen LogP contribution in [0.2, 0.25) is 0 Å². The van der Waals surface area contributed by atoms with Crippen molar-refractivity contribution in [3.8, 4) is 0 Å². The zero-order valence-electron chi connectivity index (χ0n) is 6.40. The average Bonchev–Trinajstić information content (AvgIpc) is 2.08. The molecule has 14 heavy (non-hydrogen) atoms. The summed E-state index contributed by atoms with van der Waals surface area (Å²) in [6.07, 6.45) is -2.33. The lowest BCUT2D eigenvalue weighted by atomic mass is 10.2. The van der Waals surface area contributed by atoms with Gasteiger partial charge in [-0.3, -0.25) is 9.78 Å². The Morgan fingerprint density at radius 3 is 2.57 bits per heavy atom. The van der Waals surface area contributed by atoms with Crippen molar-refractivity contribution in [1.29, 1.82) is 0 Å². The lowest BCUT2D eigenvalue weighted by molar-refractivity contribution is 0.106. The summed E-state index contributed by atoms with van der Waals surface area (Å²) in [4.78, 5) is 13.9. The largest absolute Gasteiger partial charge is 0.281 e. The summed E-state index contributed by atoms with van der Waals surface area (Å²) in [5.41, 5.74) is -1.36. The second-order valence-electron chi connectivity index (χ2n) is 2.25. The van der Waals surface area contributed by atoms with E-state index in [0.717, 1.165) is 0 Å². The smallest absolute Gasteiger partial charge is 0.275 e. The molecule has 0 fully saturated rings. The third kappa shape index (κ3) is 2.17. The van der Waals surface area contributed by atoms with Crippen molar-refractivity contribution in [2.45, 2.75) is 6.43 Å². The molecule has 0 aromatic carbocycles. The van der Waals surface area contributed by atoms with Crippen molar-refractivity contribution in [3.63, 3.8) is 0 Å². The highest BCUT2D eigenvalue weighted by Gasteiger charge is 2.23. The van der Waals surface area contributed by atoms with Crippen LogP contribution in [0, 0.1) is 9.39 Å². The Morgan fingerprint density at radius 1 is 1.57 bits per heavy atom. The van der Waals surface area contributed by atoms with Gasteiger partial charge in [0.05, 0.1) is 15.3 Å². The average molecular weight is 335 g/mol. The number of hydrogen-bond acceptors (Lipinski definition) is 2. The van der Waals surface area contributed by atoms with Gasteiger partial charge in [0.1, 0.15) is 5.69 Å². The molecule has 76 valence electrons. The van der Waals surface area contributed by atoms with E-state index in [-0.39, 0.29) is 3.57 Å². The fourth-order valence-electron chi connectivity index (χ4n) is 0.832. The SMILES string of the molecule is O=C(Cl)c1c(C(F)F)ncc(F)c1I. The number of nitrogens with zero attached hydrogens (tertiary/aromatic N) is 1. The first-order valence-corrected chi connectivity index (χ1v) is 4.72. The maximum atomic E-state index is 12.9. The Balaban J connectivity index is 3.45. The summed E-state index contributed by atoms with van der Waals surface area (Å²) in [5.74, 6) is -0.848. The molecule has 0 amide bonds. The predicted octanol–water partition coefficient (Wildman–Crippen LogP) is 3.14. The molecule has 1 aromatic heterocycles. The molecule has 1 rings (SSSR count). The van der Waals surface area contributed by atoms with Crippen molar-refractivity contribution in [1.82, 2.24) is 4.98 Å². The number of hydrogen-bond donors (Lipinski definition) is 0. The molecular formula is C7H2ClF3INO. The first-order chi connectivity index (χ1) is 6.45. The molecular weight excluding hydrogens is 333 g/mol. The first kappa shape index (κ1) is 11.7. The van der Waals surface area contributed by atoms with E-state index < -0.39 is 28.7 Å². The first-order valence-electron chi connectivity index (χ1n) is 3.27. The number of halogens is 5. The second kappa shape index (κ2) is 4.43. The predicted molar refractivity (Wildman–Crippen MR) is 52.1 cm³/mol. The number of pyridine rings is 1. The van der Waals surface area contributed by atoms with Crippen LogP contribution in [0.4, 0.5) is 13.2 Å². The summed E-state index contributed by atoms with van der Waals surface area (Å²) >= 11 is 6.47. The van der Waals surface area contributed by atoms with Crippen LogP contribution in [0.1, 0.15) is 22.5 Å². The molecule has 0 radical (unpaired) electrons. The minimum atomic E-state index is -2.96. The molecule has 0 saturated carbocycles. The minimum Gasteiger partial charge on any atom is -0.275 e. The zero-order chi connectivity index (χ0) is 10.9. The van der Waals surface area contributed by atoms with E-state index in [0.29, 0.717) is 6.20 Å². The van der Waals surface area contributed by atoms with Crippen LogP contribution in [0.3, 0.4) is 0 Å². The Kier molecular flexibility index (Phi) is 3.71. The molecule has 0 atom stereocenters. The molecule has 1 aromatic rings. The van der Waals surface area contributed by atoms with Gasteiger partial charge in [0, 0.05) is 0 Å². The van der Waals surface area contributed by atoms with Gasteiger partial charge >= 0.3 is 0 Å². The Morgan fingerprint density at radius 2 is 2.14 bits per heavy atom.